The van der Waals surface area contributed by atoms with E-state index < -0.39 is 0 Å². The first-order valence-corrected chi connectivity index (χ1v) is 14.4. The van der Waals surface area contributed by atoms with Gasteiger partial charge in [0.15, 0.2) is 0 Å². The molecule has 0 amide bonds. The summed E-state index contributed by atoms with van der Waals surface area (Å²) in [6.45, 7) is 0. The topological polar surface area (TPSA) is 12.9 Å². The lowest BCUT2D eigenvalue weighted by Gasteiger charge is -2.19. The minimum atomic E-state index is 1.02. The van der Waals surface area contributed by atoms with Crippen LogP contribution in [0.15, 0.2) is 164 Å². The van der Waals surface area contributed by atoms with Gasteiger partial charge in [-0.05, 0) is 66.6 Å². The molecule has 8 aromatic rings. The van der Waals surface area contributed by atoms with Crippen molar-refractivity contribution in [3.63, 3.8) is 0 Å². The quantitative estimate of drug-likeness (QED) is 0.205. The van der Waals surface area contributed by atoms with Gasteiger partial charge in [0, 0.05) is 17.1 Å². The second kappa shape index (κ2) is 10.1. The number of nitrogens with zero attached hydrogens (tertiary/aromatic N) is 1. The van der Waals surface area contributed by atoms with Gasteiger partial charge in [0.1, 0.15) is 0 Å². The molecule has 8 rings (SSSR count). The van der Waals surface area contributed by atoms with Crippen LogP contribution in [-0.2, 0) is 0 Å². The van der Waals surface area contributed by atoms with Gasteiger partial charge in [-0.15, -0.1) is 0 Å². The van der Waals surface area contributed by atoms with Crippen LogP contribution < -0.4 is 0 Å². The Kier molecular flexibility index (Phi) is 5.86. The van der Waals surface area contributed by atoms with E-state index in [4.69, 9.17) is 4.98 Å². The Hall–Kier alpha value is -5.53. The van der Waals surface area contributed by atoms with Crippen LogP contribution in [0.4, 0.5) is 0 Å². The minimum Gasteiger partial charge on any atom is -0.256 e. The fourth-order valence-electron chi connectivity index (χ4n) is 6.43. The zero-order valence-corrected chi connectivity index (χ0v) is 23.0. The van der Waals surface area contributed by atoms with E-state index in [1.807, 2.05) is 6.20 Å². The van der Waals surface area contributed by atoms with Crippen LogP contribution in [0.1, 0.15) is 0 Å². The third-order valence-electron chi connectivity index (χ3n) is 8.34. The normalized spacial score (nSPS) is 11.3. The minimum absolute atomic E-state index is 1.02. The third-order valence-corrected chi connectivity index (χ3v) is 8.34. The molecule has 0 saturated heterocycles. The van der Waals surface area contributed by atoms with E-state index in [2.05, 4.69) is 158 Å². The smallest absolute Gasteiger partial charge is 0.0793 e. The number of hydrogen-bond donors (Lipinski definition) is 0. The number of fused-ring (bicyclic) bond motifs is 3. The highest BCUT2D eigenvalue weighted by atomic mass is 14.7. The molecule has 0 unspecified atom stereocenters. The summed E-state index contributed by atoms with van der Waals surface area (Å²) in [4.78, 5) is 5.05. The van der Waals surface area contributed by atoms with Crippen molar-refractivity contribution in [1.82, 2.24) is 4.98 Å². The molecule has 0 fully saturated rings. The number of pyridine rings is 1. The Bertz CT molecular complexity index is 2170. The summed E-state index contributed by atoms with van der Waals surface area (Å²) in [6.07, 6.45) is 1.92. The molecule has 1 heteroatoms. The second-order valence-electron chi connectivity index (χ2n) is 10.7. The Balaban J connectivity index is 1.40. The summed E-state index contributed by atoms with van der Waals surface area (Å²) >= 11 is 0. The third kappa shape index (κ3) is 3.98. The average molecular weight is 534 g/mol. The molecular weight excluding hydrogens is 506 g/mol. The molecule has 0 N–H and O–H groups in total. The fourth-order valence-corrected chi connectivity index (χ4v) is 6.43. The van der Waals surface area contributed by atoms with Crippen molar-refractivity contribution in [2.24, 2.45) is 0 Å². The molecule has 7 aromatic carbocycles. The van der Waals surface area contributed by atoms with Gasteiger partial charge in [0.05, 0.1) is 5.52 Å². The SMILES string of the molecule is c1ccc(-c2ccc(-c3ccccc3-c3c4ccccc4c(-c4cccc5ccccc45)c4ncccc34)cc2)cc1. The molecule has 0 bridgehead atoms. The molecule has 0 saturated carbocycles. The largest absolute Gasteiger partial charge is 0.256 e. The maximum absolute atomic E-state index is 5.05. The second-order valence-corrected chi connectivity index (χ2v) is 10.7. The predicted octanol–water partition coefficient (Wildman–Crippen LogP) is 11.2. The standard InChI is InChI=1S/C41H27N/c1-2-12-28(13-3-1)29-23-25-31(26-24-29)33-17-6-7-18-34(33)39-36-19-8-9-20-37(36)40(41-38(39)22-11-27-42-41)35-21-10-15-30-14-4-5-16-32(30)35/h1-27H. The molecule has 196 valence electrons. The predicted molar refractivity (Wildman–Crippen MR) is 178 cm³/mol. The maximum atomic E-state index is 5.05. The van der Waals surface area contributed by atoms with Crippen LogP contribution in [0.5, 0.6) is 0 Å². The summed E-state index contributed by atoms with van der Waals surface area (Å²) in [5, 5.41) is 6.08. The van der Waals surface area contributed by atoms with E-state index in [0.29, 0.717) is 0 Å². The van der Waals surface area contributed by atoms with Crippen molar-refractivity contribution < 1.29 is 0 Å². The van der Waals surface area contributed by atoms with Crippen molar-refractivity contribution in [3.05, 3.63) is 164 Å². The van der Waals surface area contributed by atoms with Crippen LogP contribution in [0.2, 0.25) is 0 Å². The molecule has 42 heavy (non-hydrogen) atoms. The van der Waals surface area contributed by atoms with Gasteiger partial charge in [0.25, 0.3) is 0 Å². The number of benzene rings is 7. The lowest BCUT2D eigenvalue weighted by atomic mass is 9.84. The summed E-state index contributed by atoms with van der Waals surface area (Å²) < 4.78 is 0. The monoisotopic (exact) mass is 533 g/mol. The van der Waals surface area contributed by atoms with Gasteiger partial charge in [-0.1, -0.05) is 152 Å². The van der Waals surface area contributed by atoms with Crippen LogP contribution in [0, 0.1) is 0 Å². The van der Waals surface area contributed by atoms with Gasteiger partial charge in [-0.2, -0.15) is 0 Å². The van der Waals surface area contributed by atoms with Gasteiger partial charge < -0.3 is 0 Å². The zero-order chi connectivity index (χ0) is 27.9. The molecule has 1 nitrogen and oxygen atoms in total. The zero-order valence-electron chi connectivity index (χ0n) is 23.0. The first-order chi connectivity index (χ1) is 20.9. The first kappa shape index (κ1) is 24.3. The van der Waals surface area contributed by atoms with E-state index in [0.717, 1.165) is 10.9 Å². The molecule has 1 aromatic heterocycles. The molecule has 0 aliphatic rings. The Morgan fingerprint density at radius 2 is 0.857 bits per heavy atom. The highest BCUT2D eigenvalue weighted by Gasteiger charge is 2.20. The van der Waals surface area contributed by atoms with Crippen LogP contribution in [0.3, 0.4) is 0 Å². The van der Waals surface area contributed by atoms with Crippen molar-refractivity contribution in [3.8, 4) is 44.5 Å². The highest BCUT2D eigenvalue weighted by Crippen LogP contribution is 2.46. The fraction of sp³-hybridized carbons (Fsp3) is 0. The van der Waals surface area contributed by atoms with E-state index in [9.17, 15) is 0 Å². The van der Waals surface area contributed by atoms with Crippen LogP contribution in [0.25, 0.3) is 77.0 Å². The summed E-state index contributed by atoms with van der Waals surface area (Å²) in [5.41, 5.74) is 10.7. The molecule has 0 radical (unpaired) electrons. The van der Waals surface area contributed by atoms with Gasteiger partial charge in [0.2, 0.25) is 0 Å². The van der Waals surface area contributed by atoms with Gasteiger partial charge in [-0.25, -0.2) is 0 Å². The summed E-state index contributed by atoms with van der Waals surface area (Å²) in [6, 6.07) is 56.6. The van der Waals surface area contributed by atoms with Crippen molar-refractivity contribution in [1.29, 1.82) is 0 Å². The molecule has 0 atom stereocenters. The Morgan fingerprint density at radius 3 is 1.67 bits per heavy atom. The van der Waals surface area contributed by atoms with Crippen LogP contribution >= 0.6 is 0 Å². The Labute approximate surface area is 245 Å². The lowest BCUT2D eigenvalue weighted by Crippen LogP contribution is -1.94. The number of aromatic nitrogens is 1. The molecule has 1 heterocycles. The summed E-state index contributed by atoms with van der Waals surface area (Å²) in [5.74, 6) is 0. The maximum Gasteiger partial charge on any atom is 0.0793 e. The van der Waals surface area contributed by atoms with Gasteiger partial charge >= 0.3 is 0 Å². The highest BCUT2D eigenvalue weighted by molar-refractivity contribution is 6.23. The lowest BCUT2D eigenvalue weighted by molar-refractivity contribution is 1.42. The summed E-state index contributed by atoms with van der Waals surface area (Å²) in [7, 11) is 0. The number of rotatable bonds is 4. The average Bonchev–Trinajstić information content (AvgIpc) is 3.07. The first-order valence-electron chi connectivity index (χ1n) is 14.4. The number of hydrogen-bond acceptors (Lipinski definition) is 1. The van der Waals surface area contributed by atoms with E-state index >= 15 is 0 Å². The van der Waals surface area contributed by atoms with Gasteiger partial charge in [-0.3, -0.25) is 4.98 Å². The Morgan fingerprint density at radius 1 is 0.310 bits per heavy atom. The van der Waals surface area contributed by atoms with E-state index in [-0.39, 0.29) is 0 Å². The van der Waals surface area contributed by atoms with Crippen LogP contribution in [-0.4, -0.2) is 4.98 Å². The molecule has 0 aliphatic heterocycles. The van der Waals surface area contributed by atoms with E-state index in [1.54, 1.807) is 0 Å². The van der Waals surface area contributed by atoms with Crippen molar-refractivity contribution in [2.45, 2.75) is 0 Å². The molecule has 0 spiro atoms. The van der Waals surface area contributed by atoms with Crippen molar-refractivity contribution in [2.75, 3.05) is 0 Å². The van der Waals surface area contributed by atoms with Crippen molar-refractivity contribution >= 4 is 32.4 Å². The molecule has 0 aliphatic carbocycles. The van der Waals surface area contributed by atoms with E-state index in [1.165, 1.54) is 66.1 Å². The molecular formula is C41H27N.